The van der Waals surface area contributed by atoms with Crippen LogP contribution in [0.5, 0.6) is 0 Å². The number of unbranched alkanes of at least 4 members (excludes halogenated alkanes) is 2. The van der Waals surface area contributed by atoms with E-state index >= 15 is 0 Å². The first-order valence-corrected chi connectivity index (χ1v) is 7.87. The smallest absolute Gasteiger partial charge is 0.240 e. The van der Waals surface area contributed by atoms with Gasteiger partial charge < -0.3 is 5.73 Å². The van der Waals surface area contributed by atoms with Crippen LogP contribution in [0.25, 0.3) is 0 Å². The van der Waals surface area contributed by atoms with Crippen molar-refractivity contribution in [3.8, 4) is 0 Å². The molecule has 102 valence electrons. The van der Waals surface area contributed by atoms with Gasteiger partial charge in [-0.25, -0.2) is 13.1 Å². The molecule has 18 heavy (non-hydrogen) atoms. The van der Waals surface area contributed by atoms with E-state index in [1.165, 1.54) is 6.07 Å². The Morgan fingerprint density at radius 3 is 2.50 bits per heavy atom. The highest BCUT2D eigenvalue weighted by atomic mass is 32.2. The molecule has 0 aliphatic rings. The molecule has 0 saturated heterocycles. The third-order valence-corrected chi connectivity index (χ3v) is 4.34. The summed E-state index contributed by atoms with van der Waals surface area (Å²) in [6.07, 6.45) is 3.76. The van der Waals surface area contributed by atoms with E-state index in [4.69, 9.17) is 5.73 Å². The molecule has 0 heterocycles. The van der Waals surface area contributed by atoms with E-state index in [-0.39, 0.29) is 4.90 Å². The molecular weight excluding hydrogens is 248 g/mol. The number of hydrogen-bond acceptors (Lipinski definition) is 3. The Morgan fingerprint density at radius 1 is 1.22 bits per heavy atom. The molecule has 0 aromatic heterocycles. The summed E-state index contributed by atoms with van der Waals surface area (Å²) in [6.45, 7) is 4.55. The topological polar surface area (TPSA) is 72.2 Å². The van der Waals surface area contributed by atoms with Gasteiger partial charge in [0.25, 0.3) is 0 Å². The van der Waals surface area contributed by atoms with E-state index < -0.39 is 10.0 Å². The Morgan fingerprint density at radius 2 is 1.94 bits per heavy atom. The quantitative estimate of drug-likeness (QED) is 0.590. The lowest BCUT2D eigenvalue weighted by molar-refractivity contribution is 0.576. The number of anilines is 1. The number of rotatable bonds is 7. The van der Waals surface area contributed by atoms with Gasteiger partial charge in [0.1, 0.15) is 0 Å². The standard InChI is InChI=1S/C13H22N2O2S/c1-3-5-6-9-15-18(16,17)12-8-7-11(4-2)13(14)10-12/h7-8,10,15H,3-6,9,14H2,1-2H3. The first-order valence-electron chi connectivity index (χ1n) is 6.39. The Kier molecular flexibility index (Phi) is 5.62. The van der Waals surface area contributed by atoms with Crippen LogP contribution in [-0.4, -0.2) is 15.0 Å². The van der Waals surface area contributed by atoms with Crippen LogP contribution in [0.4, 0.5) is 5.69 Å². The highest BCUT2D eigenvalue weighted by Gasteiger charge is 2.14. The number of sulfonamides is 1. The Balaban J connectivity index is 2.76. The van der Waals surface area contributed by atoms with Crippen molar-refractivity contribution in [2.75, 3.05) is 12.3 Å². The van der Waals surface area contributed by atoms with Crippen molar-refractivity contribution in [1.82, 2.24) is 4.72 Å². The summed E-state index contributed by atoms with van der Waals surface area (Å²) in [6, 6.07) is 4.91. The molecule has 0 bridgehead atoms. The second-order valence-electron chi connectivity index (χ2n) is 4.32. The van der Waals surface area contributed by atoms with Crippen LogP contribution in [0.2, 0.25) is 0 Å². The largest absolute Gasteiger partial charge is 0.398 e. The average molecular weight is 270 g/mol. The third-order valence-electron chi connectivity index (χ3n) is 2.88. The predicted octanol–water partition coefficient (Wildman–Crippen LogP) is 2.30. The number of aryl methyl sites for hydroxylation is 1. The number of nitrogen functional groups attached to an aromatic ring is 1. The van der Waals surface area contributed by atoms with Crippen LogP contribution in [-0.2, 0) is 16.4 Å². The summed E-state index contributed by atoms with van der Waals surface area (Å²) in [5.41, 5.74) is 7.32. The first-order chi connectivity index (χ1) is 8.51. The molecule has 1 aromatic carbocycles. The number of benzene rings is 1. The van der Waals surface area contributed by atoms with Crippen LogP contribution in [0.3, 0.4) is 0 Å². The molecule has 0 atom stereocenters. The van der Waals surface area contributed by atoms with Gasteiger partial charge in [0.05, 0.1) is 4.90 Å². The van der Waals surface area contributed by atoms with Gasteiger partial charge in [-0.2, -0.15) is 0 Å². The fourth-order valence-corrected chi connectivity index (χ4v) is 2.84. The number of nitrogens with two attached hydrogens (primary N) is 1. The normalized spacial score (nSPS) is 11.7. The molecule has 0 fully saturated rings. The molecule has 4 nitrogen and oxygen atoms in total. The monoisotopic (exact) mass is 270 g/mol. The Labute approximate surface area is 110 Å². The highest BCUT2D eigenvalue weighted by molar-refractivity contribution is 7.89. The van der Waals surface area contributed by atoms with Crippen molar-refractivity contribution >= 4 is 15.7 Å². The minimum Gasteiger partial charge on any atom is -0.398 e. The molecule has 1 aromatic rings. The molecule has 0 saturated carbocycles. The van der Waals surface area contributed by atoms with Crippen molar-refractivity contribution in [2.24, 2.45) is 0 Å². The molecule has 0 radical (unpaired) electrons. The van der Waals surface area contributed by atoms with Crippen molar-refractivity contribution in [1.29, 1.82) is 0 Å². The molecule has 3 N–H and O–H groups in total. The molecule has 5 heteroatoms. The van der Waals surface area contributed by atoms with E-state index in [0.717, 1.165) is 31.2 Å². The SMILES string of the molecule is CCCCCNS(=O)(=O)c1ccc(CC)c(N)c1. The Bertz CT molecular complexity index is 484. The minimum absolute atomic E-state index is 0.244. The average Bonchev–Trinajstić information content (AvgIpc) is 2.34. The summed E-state index contributed by atoms with van der Waals surface area (Å²) in [7, 11) is -3.42. The lowest BCUT2D eigenvalue weighted by Gasteiger charge is -2.09. The fraction of sp³-hybridized carbons (Fsp3) is 0.538. The van der Waals surface area contributed by atoms with Crippen LogP contribution >= 0.6 is 0 Å². The predicted molar refractivity (Wildman–Crippen MR) is 74.9 cm³/mol. The molecule has 0 aliphatic heterocycles. The van der Waals surface area contributed by atoms with Gasteiger partial charge >= 0.3 is 0 Å². The van der Waals surface area contributed by atoms with Crippen molar-refractivity contribution in [2.45, 2.75) is 44.4 Å². The first kappa shape index (κ1) is 15.0. The Hall–Kier alpha value is -1.07. The molecule has 0 unspecified atom stereocenters. The number of nitrogens with one attached hydrogen (secondary N) is 1. The zero-order valence-electron chi connectivity index (χ0n) is 11.1. The zero-order valence-corrected chi connectivity index (χ0v) is 11.9. The number of hydrogen-bond donors (Lipinski definition) is 2. The molecular formula is C13H22N2O2S. The van der Waals surface area contributed by atoms with Gasteiger partial charge in [-0.05, 0) is 30.5 Å². The van der Waals surface area contributed by atoms with E-state index in [9.17, 15) is 8.42 Å². The van der Waals surface area contributed by atoms with Gasteiger partial charge in [-0.15, -0.1) is 0 Å². The zero-order chi connectivity index (χ0) is 13.6. The van der Waals surface area contributed by atoms with Crippen LogP contribution < -0.4 is 10.5 Å². The summed E-state index contributed by atoms with van der Waals surface area (Å²) in [5, 5.41) is 0. The van der Waals surface area contributed by atoms with E-state index in [2.05, 4.69) is 11.6 Å². The second-order valence-corrected chi connectivity index (χ2v) is 6.09. The van der Waals surface area contributed by atoms with Crippen LogP contribution in [0, 0.1) is 0 Å². The fourth-order valence-electron chi connectivity index (χ4n) is 1.73. The summed E-state index contributed by atoms with van der Waals surface area (Å²) in [4.78, 5) is 0.244. The van der Waals surface area contributed by atoms with Crippen molar-refractivity contribution in [3.63, 3.8) is 0 Å². The van der Waals surface area contributed by atoms with Crippen LogP contribution in [0.15, 0.2) is 23.1 Å². The van der Waals surface area contributed by atoms with Crippen molar-refractivity contribution in [3.05, 3.63) is 23.8 Å². The summed E-state index contributed by atoms with van der Waals surface area (Å²) >= 11 is 0. The summed E-state index contributed by atoms with van der Waals surface area (Å²) < 4.78 is 26.6. The summed E-state index contributed by atoms with van der Waals surface area (Å²) in [5.74, 6) is 0. The van der Waals surface area contributed by atoms with Gasteiger partial charge in [-0.1, -0.05) is 32.8 Å². The maximum absolute atomic E-state index is 12.0. The van der Waals surface area contributed by atoms with E-state index in [0.29, 0.717) is 12.2 Å². The minimum atomic E-state index is -3.42. The molecule has 0 aliphatic carbocycles. The van der Waals surface area contributed by atoms with Gasteiger partial charge in [-0.3, -0.25) is 0 Å². The van der Waals surface area contributed by atoms with E-state index in [1.54, 1.807) is 12.1 Å². The molecule has 0 spiro atoms. The van der Waals surface area contributed by atoms with Crippen molar-refractivity contribution < 1.29 is 8.42 Å². The van der Waals surface area contributed by atoms with E-state index in [1.807, 2.05) is 6.92 Å². The lowest BCUT2D eigenvalue weighted by Crippen LogP contribution is -2.25. The van der Waals surface area contributed by atoms with Gasteiger partial charge in [0.15, 0.2) is 0 Å². The lowest BCUT2D eigenvalue weighted by atomic mass is 10.1. The molecule has 1 rings (SSSR count). The van der Waals surface area contributed by atoms with Gasteiger partial charge in [0.2, 0.25) is 10.0 Å². The maximum atomic E-state index is 12.0. The molecule has 0 amide bonds. The highest BCUT2D eigenvalue weighted by Crippen LogP contribution is 2.18. The van der Waals surface area contributed by atoms with Crippen LogP contribution in [0.1, 0.15) is 38.7 Å². The van der Waals surface area contributed by atoms with Gasteiger partial charge in [0, 0.05) is 12.2 Å². The second kappa shape index (κ2) is 6.75. The maximum Gasteiger partial charge on any atom is 0.240 e. The third kappa shape index (κ3) is 3.99.